The number of hydrogen-bond donors (Lipinski definition) is 4. The molecule has 230 valence electrons. The molecule has 14 nitrogen and oxygen atoms in total. The molecule has 0 radical (unpaired) electrons. The van der Waals surface area contributed by atoms with Crippen LogP contribution < -0.4 is 16.4 Å². The van der Waals surface area contributed by atoms with Crippen LogP contribution in [0.15, 0.2) is 33.5 Å². The minimum Gasteiger partial charge on any atom is -0.410 e. The molecule has 0 bridgehead atoms. The zero-order valence-electron chi connectivity index (χ0n) is 22.0. The lowest BCUT2D eigenvalue weighted by atomic mass is 10.0. The number of thiazole rings is 1. The number of nitrogen functional groups attached to an aromatic ring is 1. The number of ether oxygens (including phenoxy) is 1. The van der Waals surface area contributed by atoms with Crippen molar-refractivity contribution in [1.82, 2.24) is 25.4 Å². The van der Waals surface area contributed by atoms with E-state index in [-0.39, 0.29) is 34.1 Å². The standard InChI is InChI=1S/C24H24F3N7O7S2/c25-24(26,27)22(39)41-21(38)16-11(7-10-3-6-33(18(10)36)12-1-4-29-5-2-12)8-42-20-15(19(37)34(16)20)31-17(35)14(32-40)13-9-43-23(28)30-13/h7,9,12,15,20,29,40H,1-6,8H2,(H2,28,30)(H,31,35)/b10-7?,32-14-/t15-,20-/m1/s1. The van der Waals surface area contributed by atoms with E-state index in [9.17, 15) is 42.4 Å². The summed E-state index contributed by atoms with van der Waals surface area (Å²) in [5.41, 5.74) is 4.62. The molecule has 4 aliphatic heterocycles. The molecule has 3 fully saturated rings. The number of aromatic nitrogens is 1. The van der Waals surface area contributed by atoms with Crippen molar-refractivity contribution in [2.45, 2.75) is 42.9 Å². The average Bonchev–Trinajstić information content (AvgIpc) is 3.56. The number of fused-ring (bicyclic) bond motifs is 1. The molecular weight excluding hydrogens is 619 g/mol. The maximum Gasteiger partial charge on any atom is 0.491 e. The van der Waals surface area contributed by atoms with Crippen molar-refractivity contribution < 1.29 is 47.1 Å². The maximum absolute atomic E-state index is 13.2. The van der Waals surface area contributed by atoms with Crippen molar-refractivity contribution in [3.8, 4) is 0 Å². The number of nitrogens with one attached hydrogen (secondary N) is 2. The van der Waals surface area contributed by atoms with Crippen molar-refractivity contribution >= 4 is 63.6 Å². The van der Waals surface area contributed by atoms with Gasteiger partial charge < -0.3 is 31.2 Å². The zero-order valence-corrected chi connectivity index (χ0v) is 23.7. The monoisotopic (exact) mass is 643 g/mol. The number of esters is 2. The van der Waals surface area contributed by atoms with Gasteiger partial charge in [0, 0.05) is 29.3 Å². The number of carbonyl (C=O) groups is 5. The number of amides is 3. The Bertz CT molecular complexity index is 1470. The number of anilines is 1. The first-order valence-corrected chi connectivity index (χ1v) is 14.8. The Kier molecular flexibility index (Phi) is 8.48. The van der Waals surface area contributed by atoms with Crippen molar-refractivity contribution in [3.05, 3.63) is 34.0 Å². The molecule has 19 heteroatoms. The predicted molar refractivity (Wildman–Crippen MR) is 144 cm³/mol. The van der Waals surface area contributed by atoms with Crippen LogP contribution in [0, 0.1) is 0 Å². The van der Waals surface area contributed by atoms with Gasteiger partial charge in [-0.25, -0.2) is 14.6 Å². The van der Waals surface area contributed by atoms with Crippen LogP contribution in [0.3, 0.4) is 0 Å². The third-order valence-corrected chi connectivity index (χ3v) is 9.21. The van der Waals surface area contributed by atoms with Gasteiger partial charge in [-0.3, -0.25) is 19.3 Å². The molecule has 5 heterocycles. The fourth-order valence-electron chi connectivity index (χ4n) is 5.20. The van der Waals surface area contributed by atoms with E-state index in [0.29, 0.717) is 18.5 Å². The summed E-state index contributed by atoms with van der Waals surface area (Å²) in [7, 11) is 0. The summed E-state index contributed by atoms with van der Waals surface area (Å²) < 4.78 is 42.8. The first kappa shape index (κ1) is 30.5. The van der Waals surface area contributed by atoms with Gasteiger partial charge >= 0.3 is 18.1 Å². The molecular formula is C24H24F3N7O7S2. The van der Waals surface area contributed by atoms with Gasteiger partial charge in [-0.15, -0.1) is 23.1 Å². The van der Waals surface area contributed by atoms with E-state index in [1.54, 1.807) is 4.90 Å². The fourth-order valence-corrected chi connectivity index (χ4v) is 7.05. The van der Waals surface area contributed by atoms with Gasteiger partial charge in [-0.05, 0) is 44.0 Å². The lowest BCUT2D eigenvalue weighted by molar-refractivity contribution is -0.201. The number of oxime groups is 1. The summed E-state index contributed by atoms with van der Waals surface area (Å²) in [6, 6.07) is -1.27. The van der Waals surface area contributed by atoms with E-state index in [0.717, 1.165) is 53.9 Å². The Balaban J connectivity index is 1.40. The van der Waals surface area contributed by atoms with Crippen LogP contribution in [-0.2, 0) is 28.7 Å². The van der Waals surface area contributed by atoms with E-state index >= 15 is 0 Å². The summed E-state index contributed by atoms with van der Waals surface area (Å²) in [5, 5.41) is 18.3. The van der Waals surface area contributed by atoms with Crippen LogP contribution in [0.5, 0.6) is 0 Å². The zero-order chi connectivity index (χ0) is 31.1. The van der Waals surface area contributed by atoms with Crippen LogP contribution in [0.4, 0.5) is 18.3 Å². The maximum atomic E-state index is 13.2. The number of likely N-dealkylation sites (tertiary alicyclic amines) is 1. The van der Waals surface area contributed by atoms with Crippen molar-refractivity contribution in [3.63, 3.8) is 0 Å². The lowest BCUT2D eigenvalue weighted by Crippen LogP contribution is -2.71. The van der Waals surface area contributed by atoms with E-state index < -0.39 is 52.8 Å². The second kappa shape index (κ2) is 12.0. The van der Waals surface area contributed by atoms with Gasteiger partial charge in [0.25, 0.3) is 11.8 Å². The number of rotatable bonds is 6. The first-order valence-electron chi connectivity index (χ1n) is 12.9. The third-order valence-electron chi connectivity index (χ3n) is 7.23. The number of nitrogens with zero attached hydrogens (tertiary/aromatic N) is 4. The molecule has 5 N–H and O–H groups in total. The van der Waals surface area contributed by atoms with E-state index in [1.165, 1.54) is 11.5 Å². The van der Waals surface area contributed by atoms with Gasteiger partial charge in [-0.2, -0.15) is 13.2 Å². The molecule has 3 saturated heterocycles. The van der Waals surface area contributed by atoms with Crippen LogP contribution >= 0.6 is 23.1 Å². The number of nitrogens with two attached hydrogens (primary N) is 1. The number of β-lactam (4-membered cyclic amide) rings is 1. The topological polar surface area (TPSA) is 197 Å². The summed E-state index contributed by atoms with van der Waals surface area (Å²) in [4.78, 5) is 70.0. The molecule has 4 aliphatic rings. The quantitative estimate of drug-likeness (QED) is 0.0624. The largest absolute Gasteiger partial charge is 0.491 e. The van der Waals surface area contributed by atoms with E-state index in [2.05, 4.69) is 25.5 Å². The van der Waals surface area contributed by atoms with Gasteiger partial charge in [0.2, 0.25) is 5.91 Å². The molecule has 43 heavy (non-hydrogen) atoms. The summed E-state index contributed by atoms with van der Waals surface area (Å²) in [5.74, 6) is -6.77. The Morgan fingerprint density at radius 3 is 2.60 bits per heavy atom. The highest BCUT2D eigenvalue weighted by Gasteiger charge is 2.55. The number of allylic oxidation sites excluding steroid dienone is 1. The predicted octanol–water partition coefficient (Wildman–Crippen LogP) is 0.100. The molecule has 0 spiro atoms. The first-order chi connectivity index (χ1) is 20.4. The summed E-state index contributed by atoms with van der Waals surface area (Å²) in [6.07, 6.45) is -2.32. The highest BCUT2D eigenvalue weighted by atomic mass is 32.2. The number of piperidine rings is 1. The molecule has 5 rings (SSSR count). The number of carbonyl (C=O) groups excluding carboxylic acids is 5. The minimum atomic E-state index is -5.48. The van der Waals surface area contributed by atoms with Crippen LogP contribution in [0.2, 0.25) is 0 Å². The van der Waals surface area contributed by atoms with E-state index in [4.69, 9.17) is 5.73 Å². The SMILES string of the molecule is Nc1nc(/C(=N/O)C(=O)N[C@@H]2C(=O)N3C(C(=O)OC(=O)C(F)(F)F)=C(C=C4CCN(C5CCNCC5)C4=O)CS[C@H]23)cs1. The van der Waals surface area contributed by atoms with Crippen molar-refractivity contribution in [2.75, 3.05) is 31.1 Å². The van der Waals surface area contributed by atoms with Gasteiger partial charge in [0.05, 0.1) is 0 Å². The molecule has 0 aromatic carbocycles. The molecule has 1 aromatic heterocycles. The highest BCUT2D eigenvalue weighted by Crippen LogP contribution is 2.42. The molecule has 0 aliphatic carbocycles. The molecule has 1 aromatic rings. The Labute approximate surface area is 249 Å². The third kappa shape index (κ3) is 5.96. The molecule has 0 saturated carbocycles. The highest BCUT2D eigenvalue weighted by molar-refractivity contribution is 8.00. The number of hydrogen-bond acceptors (Lipinski definition) is 13. The van der Waals surface area contributed by atoms with Crippen molar-refractivity contribution in [1.29, 1.82) is 0 Å². The van der Waals surface area contributed by atoms with Crippen LogP contribution in [0.25, 0.3) is 0 Å². The average molecular weight is 644 g/mol. The molecule has 3 amide bonds. The number of halogens is 3. The van der Waals surface area contributed by atoms with Crippen LogP contribution in [0.1, 0.15) is 25.0 Å². The minimum absolute atomic E-state index is 0.0157. The fraction of sp³-hybridized carbons (Fsp3) is 0.458. The van der Waals surface area contributed by atoms with Gasteiger partial charge in [0.1, 0.15) is 22.8 Å². The summed E-state index contributed by atoms with van der Waals surface area (Å²) in [6.45, 7) is 1.91. The Hall–Kier alpha value is -3.97. The van der Waals surface area contributed by atoms with Gasteiger partial charge in [-0.1, -0.05) is 5.16 Å². The second-order valence-electron chi connectivity index (χ2n) is 9.83. The number of alkyl halides is 3. The Morgan fingerprint density at radius 2 is 1.98 bits per heavy atom. The second-order valence-corrected chi connectivity index (χ2v) is 11.8. The van der Waals surface area contributed by atoms with Gasteiger partial charge in [0.15, 0.2) is 10.8 Å². The normalized spacial score (nSPS) is 24.3. The molecule has 2 atom stereocenters. The van der Waals surface area contributed by atoms with Crippen molar-refractivity contribution in [2.24, 2.45) is 5.16 Å². The van der Waals surface area contributed by atoms with E-state index in [1.807, 2.05) is 0 Å². The number of thioether (sulfide) groups is 1. The summed E-state index contributed by atoms with van der Waals surface area (Å²) >= 11 is 2.03. The molecule has 0 unspecified atom stereocenters. The lowest BCUT2D eigenvalue weighted by Gasteiger charge is -2.49. The Morgan fingerprint density at radius 1 is 1.26 bits per heavy atom. The van der Waals surface area contributed by atoms with Crippen LogP contribution in [-0.4, -0.2) is 104 Å². The smallest absolute Gasteiger partial charge is 0.410 e.